The average Bonchev–Trinajstić information content (AvgIpc) is 2.40. The summed E-state index contributed by atoms with van der Waals surface area (Å²) in [5, 5.41) is 5.67. The fourth-order valence-electron chi connectivity index (χ4n) is 1.28. The van der Waals surface area contributed by atoms with Crippen molar-refractivity contribution < 1.29 is 14.3 Å². The van der Waals surface area contributed by atoms with E-state index < -0.39 is 0 Å². The van der Waals surface area contributed by atoms with Gasteiger partial charge in [-0.05, 0) is 19.2 Å². The van der Waals surface area contributed by atoms with Gasteiger partial charge in [-0.15, -0.1) is 0 Å². The van der Waals surface area contributed by atoms with E-state index in [1.54, 1.807) is 0 Å². The van der Waals surface area contributed by atoms with Gasteiger partial charge in [0, 0.05) is 13.1 Å². The zero-order chi connectivity index (χ0) is 13.1. The second kappa shape index (κ2) is 9.44. The lowest BCUT2D eigenvalue weighted by atomic mass is 10.3. The van der Waals surface area contributed by atoms with E-state index >= 15 is 0 Å². The van der Waals surface area contributed by atoms with E-state index in [1.165, 1.54) is 0 Å². The number of ether oxygens (including phenoxy) is 2. The van der Waals surface area contributed by atoms with E-state index in [4.69, 9.17) is 9.47 Å². The normalized spacial score (nSPS) is 10.1. The van der Waals surface area contributed by atoms with Crippen LogP contribution in [0.4, 0.5) is 0 Å². The molecule has 0 fully saturated rings. The Hall–Kier alpha value is -1.59. The van der Waals surface area contributed by atoms with Crippen molar-refractivity contribution in [3.63, 3.8) is 0 Å². The Labute approximate surface area is 107 Å². The highest BCUT2D eigenvalue weighted by molar-refractivity contribution is 5.77. The van der Waals surface area contributed by atoms with Crippen LogP contribution in [-0.4, -0.2) is 45.9 Å². The summed E-state index contributed by atoms with van der Waals surface area (Å²) in [6.07, 6.45) is 0. The summed E-state index contributed by atoms with van der Waals surface area (Å²) in [6, 6.07) is 9.50. The molecule has 0 bridgehead atoms. The Morgan fingerprint density at radius 1 is 1.17 bits per heavy atom. The van der Waals surface area contributed by atoms with Crippen LogP contribution in [-0.2, 0) is 9.53 Å². The number of nitrogens with one attached hydrogen (secondary N) is 2. The molecule has 0 atom stereocenters. The van der Waals surface area contributed by atoms with Gasteiger partial charge in [0.05, 0.1) is 6.61 Å². The summed E-state index contributed by atoms with van der Waals surface area (Å²) in [5.74, 6) is 0.699. The third kappa shape index (κ3) is 6.88. The van der Waals surface area contributed by atoms with Crippen LogP contribution in [0, 0.1) is 0 Å². The lowest BCUT2D eigenvalue weighted by Crippen LogP contribution is -2.33. The monoisotopic (exact) mass is 252 g/mol. The van der Waals surface area contributed by atoms with Crippen molar-refractivity contribution in [1.82, 2.24) is 10.6 Å². The maximum atomic E-state index is 11.2. The molecule has 1 amide bonds. The summed E-state index contributed by atoms with van der Waals surface area (Å²) in [7, 11) is 1.84. The van der Waals surface area contributed by atoms with Gasteiger partial charge >= 0.3 is 0 Å². The molecule has 1 aromatic carbocycles. The summed E-state index contributed by atoms with van der Waals surface area (Å²) < 4.78 is 10.6. The van der Waals surface area contributed by atoms with Crippen molar-refractivity contribution in [1.29, 1.82) is 0 Å². The molecule has 0 aliphatic rings. The minimum absolute atomic E-state index is 0.0713. The lowest BCUT2D eigenvalue weighted by molar-refractivity contribution is -0.125. The molecule has 2 N–H and O–H groups in total. The first-order valence-electron chi connectivity index (χ1n) is 6.00. The topological polar surface area (TPSA) is 59.6 Å². The molecule has 0 spiro atoms. The highest BCUT2D eigenvalue weighted by Crippen LogP contribution is 2.07. The minimum atomic E-state index is -0.107. The molecule has 5 heteroatoms. The molecular formula is C13H20N2O3. The fraction of sp³-hybridized carbons (Fsp3) is 0.462. The SMILES string of the molecule is CNCCNC(=O)COCCOc1ccccc1. The quantitative estimate of drug-likeness (QED) is 0.625. The summed E-state index contributed by atoms with van der Waals surface area (Å²) in [4.78, 5) is 11.2. The highest BCUT2D eigenvalue weighted by Gasteiger charge is 1.99. The number of hydrogen-bond donors (Lipinski definition) is 2. The molecule has 0 heterocycles. The molecule has 5 nitrogen and oxygen atoms in total. The van der Waals surface area contributed by atoms with Gasteiger partial charge in [0.15, 0.2) is 0 Å². The van der Waals surface area contributed by atoms with Gasteiger partial charge in [0.25, 0.3) is 0 Å². The number of rotatable bonds is 9. The van der Waals surface area contributed by atoms with Crippen molar-refractivity contribution in [3.05, 3.63) is 30.3 Å². The third-order valence-electron chi connectivity index (χ3n) is 2.17. The minimum Gasteiger partial charge on any atom is -0.491 e. The molecule has 0 aromatic heterocycles. The first-order chi connectivity index (χ1) is 8.83. The van der Waals surface area contributed by atoms with Crippen molar-refractivity contribution in [2.24, 2.45) is 0 Å². The van der Waals surface area contributed by atoms with Gasteiger partial charge < -0.3 is 20.1 Å². The van der Waals surface area contributed by atoms with Crippen LogP contribution in [0.5, 0.6) is 5.75 Å². The average molecular weight is 252 g/mol. The second-order valence-electron chi connectivity index (χ2n) is 3.67. The van der Waals surface area contributed by atoms with E-state index in [-0.39, 0.29) is 12.5 Å². The molecule has 0 saturated carbocycles. The molecule has 0 radical (unpaired) electrons. The molecule has 100 valence electrons. The number of amides is 1. The van der Waals surface area contributed by atoms with Gasteiger partial charge in [-0.1, -0.05) is 18.2 Å². The van der Waals surface area contributed by atoms with E-state index in [9.17, 15) is 4.79 Å². The fourth-order valence-corrected chi connectivity index (χ4v) is 1.28. The number of likely N-dealkylation sites (N-methyl/N-ethyl adjacent to an activating group) is 1. The van der Waals surface area contributed by atoms with Crippen LogP contribution in [0.25, 0.3) is 0 Å². The zero-order valence-corrected chi connectivity index (χ0v) is 10.6. The van der Waals surface area contributed by atoms with Crippen molar-refractivity contribution in [3.8, 4) is 5.75 Å². The Morgan fingerprint density at radius 3 is 2.67 bits per heavy atom. The van der Waals surface area contributed by atoms with Crippen molar-refractivity contribution >= 4 is 5.91 Å². The molecule has 1 rings (SSSR count). The highest BCUT2D eigenvalue weighted by atomic mass is 16.5. The molecule has 18 heavy (non-hydrogen) atoms. The number of hydrogen-bond acceptors (Lipinski definition) is 4. The first kappa shape index (κ1) is 14.5. The maximum absolute atomic E-state index is 11.2. The molecule has 0 unspecified atom stereocenters. The first-order valence-corrected chi connectivity index (χ1v) is 6.00. The zero-order valence-electron chi connectivity index (χ0n) is 10.6. The molecule has 0 aliphatic heterocycles. The summed E-state index contributed by atoms with van der Waals surface area (Å²) in [6.45, 7) is 2.27. The van der Waals surface area contributed by atoms with Gasteiger partial charge in [-0.3, -0.25) is 4.79 Å². The van der Waals surface area contributed by atoms with Crippen LogP contribution in [0.3, 0.4) is 0 Å². The Morgan fingerprint density at radius 2 is 1.94 bits per heavy atom. The van der Waals surface area contributed by atoms with E-state index in [2.05, 4.69) is 10.6 Å². The molecule has 0 aliphatic carbocycles. The van der Waals surface area contributed by atoms with Crippen LogP contribution >= 0.6 is 0 Å². The molecule has 1 aromatic rings. The number of carbonyl (C=O) groups excluding carboxylic acids is 1. The third-order valence-corrected chi connectivity index (χ3v) is 2.17. The van der Waals surface area contributed by atoms with Gasteiger partial charge in [-0.25, -0.2) is 0 Å². The van der Waals surface area contributed by atoms with Crippen molar-refractivity contribution in [2.45, 2.75) is 0 Å². The predicted molar refractivity (Wildman–Crippen MR) is 69.7 cm³/mol. The number of benzene rings is 1. The Balaban J connectivity index is 1.97. The van der Waals surface area contributed by atoms with E-state index in [0.29, 0.717) is 19.8 Å². The Kier molecular flexibility index (Phi) is 7.59. The second-order valence-corrected chi connectivity index (χ2v) is 3.67. The lowest BCUT2D eigenvalue weighted by Gasteiger charge is -2.07. The van der Waals surface area contributed by atoms with Crippen LogP contribution in [0.15, 0.2) is 30.3 Å². The van der Waals surface area contributed by atoms with Gasteiger partial charge in [0.1, 0.15) is 19.0 Å². The molecule has 0 saturated heterocycles. The van der Waals surface area contributed by atoms with Gasteiger partial charge in [-0.2, -0.15) is 0 Å². The molecular weight excluding hydrogens is 232 g/mol. The maximum Gasteiger partial charge on any atom is 0.246 e. The smallest absolute Gasteiger partial charge is 0.246 e. The summed E-state index contributed by atoms with van der Waals surface area (Å²) in [5.41, 5.74) is 0. The number of carbonyl (C=O) groups is 1. The van der Waals surface area contributed by atoms with E-state index in [1.807, 2.05) is 37.4 Å². The van der Waals surface area contributed by atoms with Crippen LogP contribution < -0.4 is 15.4 Å². The van der Waals surface area contributed by atoms with Crippen molar-refractivity contribution in [2.75, 3.05) is 40.0 Å². The van der Waals surface area contributed by atoms with Crippen LogP contribution in [0.2, 0.25) is 0 Å². The predicted octanol–water partition coefficient (Wildman–Crippen LogP) is 0.418. The Bertz CT molecular complexity index is 330. The largest absolute Gasteiger partial charge is 0.491 e. The van der Waals surface area contributed by atoms with Gasteiger partial charge in [0.2, 0.25) is 5.91 Å². The van der Waals surface area contributed by atoms with E-state index in [0.717, 1.165) is 12.3 Å². The standard InChI is InChI=1S/C13H20N2O3/c1-14-7-8-15-13(16)11-17-9-10-18-12-5-3-2-4-6-12/h2-6,14H,7-11H2,1H3,(H,15,16). The van der Waals surface area contributed by atoms with Crippen LogP contribution in [0.1, 0.15) is 0 Å². The summed E-state index contributed by atoms with van der Waals surface area (Å²) >= 11 is 0. The number of para-hydroxylation sites is 1.